The van der Waals surface area contributed by atoms with Crippen molar-refractivity contribution >= 4 is 5.91 Å². The largest absolute Gasteiger partial charge is 0.481 e. The first-order valence-electron chi connectivity index (χ1n) is 5.70. The second-order valence-corrected chi connectivity index (χ2v) is 4.41. The lowest BCUT2D eigenvalue weighted by Crippen LogP contribution is -2.43. The first-order chi connectivity index (χ1) is 8.54. The van der Waals surface area contributed by atoms with Gasteiger partial charge in [0.05, 0.1) is 13.7 Å². The molecule has 1 unspecified atom stereocenters. The molecule has 0 aliphatic carbocycles. The number of rotatable bonds is 4. The van der Waals surface area contributed by atoms with Crippen LogP contribution in [0.4, 0.5) is 0 Å². The molecule has 0 radical (unpaired) electrons. The van der Waals surface area contributed by atoms with Crippen LogP contribution in [0, 0.1) is 0 Å². The Morgan fingerprint density at radius 2 is 2.56 bits per heavy atom. The number of amides is 1. The molecular formula is C11H17N3O4. The van der Waals surface area contributed by atoms with Gasteiger partial charge in [0, 0.05) is 32.7 Å². The molecule has 2 N–H and O–H groups in total. The first kappa shape index (κ1) is 12.8. The van der Waals surface area contributed by atoms with E-state index >= 15 is 0 Å². The number of ether oxygens (including phenoxy) is 2. The summed E-state index contributed by atoms with van der Waals surface area (Å²) in [4.78, 5) is 11.8. The molecule has 7 heteroatoms. The van der Waals surface area contributed by atoms with Crippen LogP contribution in [-0.2, 0) is 11.8 Å². The molecule has 1 aliphatic rings. The molecule has 0 spiro atoms. The number of carbonyl (C=O) groups excluding carboxylic acids is 1. The number of nitrogens with one attached hydrogen (secondary N) is 1. The minimum atomic E-state index is -0.964. The van der Waals surface area contributed by atoms with E-state index in [0.29, 0.717) is 18.9 Å². The molecule has 1 atom stereocenters. The van der Waals surface area contributed by atoms with Crippen LogP contribution in [0.3, 0.4) is 0 Å². The summed E-state index contributed by atoms with van der Waals surface area (Å²) < 4.78 is 11.6. The average Bonchev–Trinajstić information content (AvgIpc) is 2.93. The van der Waals surface area contributed by atoms with Gasteiger partial charge in [0.25, 0.3) is 5.91 Å². The first-order valence-corrected chi connectivity index (χ1v) is 5.70. The second kappa shape index (κ2) is 4.95. The van der Waals surface area contributed by atoms with Crippen molar-refractivity contribution < 1.29 is 19.4 Å². The van der Waals surface area contributed by atoms with Crippen molar-refractivity contribution in [1.82, 2.24) is 15.1 Å². The van der Waals surface area contributed by atoms with Gasteiger partial charge in [0.2, 0.25) is 5.88 Å². The molecule has 1 amide bonds. The Hall–Kier alpha value is -1.60. The van der Waals surface area contributed by atoms with Gasteiger partial charge in [-0.1, -0.05) is 0 Å². The second-order valence-electron chi connectivity index (χ2n) is 4.41. The molecule has 100 valence electrons. The summed E-state index contributed by atoms with van der Waals surface area (Å²) in [7, 11) is 3.20. The van der Waals surface area contributed by atoms with Crippen LogP contribution < -0.4 is 10.1 Å². The third-order valence-electron chi connectivity index (χ3n) is 2.94. The van der Waals surface area contributed by atoms with Crippen molar-refractivity contribution in [3.05, 3.63) is 11.8 Å². The highest BCUT2D eigenvalue weighted by Crippen LogP contribution is 2.17. The fourth-order valence-electron chi connectivity index (χ4n) is 1.82. The molecule has 1 aromatic rings. The third-order valence-corrected chi connectivity index (χ3v) is 2.94. The molecule has 18 heavy (non-hydrogen) atoms. The van der Waals surface area contributed by atoms with Crippen LogP contribution in [0.5, 0.6) is 5.88 Å². The number of aliphatic hydroxyl groups is 1. The molecule has 1 aliphatic heterocycles. The quantitative estimate of drug-likeness (QED) is 0.744. The Kier molecular flexibility index (Phi) is 3.53. The van der Waals surface area contributed by atoms with Gasteiger partial charge in [0.1, 0.15) is 5.60 Å². The highest BCUT2D eigenvalue weighted by atomic mass is 16.5. The summed E-state index contributed by atoms with van der Waals surface area (Å²) in [5.41, 5.74) is -0.703. The van der Waals surface area contributed by atoms with Crippen molar-refractivity contribution in [2.45, 2.75) is 12.0 Å². The monoisotopic (exact) mass is 255 g/mol. The number of methoxy groups -OCH3 is 1. The molecule has 1 aromatic heterocycles. The summed E-state index contributed by atoms with van der Waals surface area (Å²) >= 11 is 0. The van der Waals surface area contributed by atoms with Crippen molar-refractivity contribution in [3.8, 4) is 5.88 Å². The van der Waals surface area contributed by atoms with Crippen molar-refractivity contribution in [3.63, 3.8) is 0 Å². The number of aromatic nitrogens is 2. The van der Waals surface area contributed by atoms with E-state index in [9.17, 15) is 9.90 Å². The van der Waals surface area contributed by atoms with Crippen LogP contribution in [0.1, 0.15) is 16.9 Å². The van der Waals surface area contributed by atoms with Gasteiger partial charge in [-0.15, -0.1) is 0 Å². The Balaban J connectivity index is 1.95. The van der Waals surface area contributed by atoms with Crippen LogP contribution >= 0.6 is 0 Å². The maximum atomic E-state index is 11.8. The van der Waals surface area contributed by atoms with E-state index in [1.807, 2.05) is 0 Å². The van der Waals surface area contributed by atoms with E-state index in [1.165, 1.54) is 11.8 Å². The van der Waals surface area contributed by atoms with Gasteiger partial charge < -0.3 is 19.9 Å². The van der Waals surface area contributed by atoms with Crippen LogP contribution in [0.25, 0.3) is 0 Å². The zero-order valence-electron chi connectivity index (χ0n) is 10.5. The van der Waals surface area contributed by atoms with Gasteiger partial charge >= 0.3 is 0 Å². The summed E-state index contributed by atoms with van der Waals surface area (Å²) in [5, 5.41) is 16.7. The van der Waals surface area contributed by atoms with E-state index in [2.05, 4.69) is 10.4 Å². The number of hydrogen-bond acceptors (Lipinski definition) is 5. The Bertz CT molecular complexity index is 437. The molecule has 2 rings (SSSR count). The number of aryl methyl sites for hydroxylation is 1. The summed E-state index contributed by atoms with van der Waals surface area (Å²) in [6, 6.07) is 1.55. The normalized spacial score (nSPS) is 23.1. The Morgan fingerprint density at radius 3 is 3.11 bits per heavy atom. The number of carbonyl (C=O) groups is 1. The van der Waals surface area contributed by atoms with Gasteiger partial charge in [-0.2, -0.15) is 5.10 Å². The number of hydrogen-bond donors (Lipinski definition) is 2. The Labute approximate surface area is 105 Å². The lowest BCUT2D eigenvalue weighted by atomic mass is 10.0. The molecule has 0 aromatic carbocycles. The number of nitrogens with zero attached hydrogens (tertiary/aromatic N) is 2. The fourth-order valence-corrected chi connectivity index (χ4v) is 1.82. The van der Waals surface area contributed by atoms with E-state index < -0.39 is 5.60 Å². The van der Waals surface area contributed by atoms with Crippen LogP contribution in [-0.4, -0.2) is 53.3 Å². The third kappa shape index (κ3) is 2.62. The highest BCUT2D eigenvalue weighted by Gasteiger charge is 2.32. The zero-order valence-corrected chi connectivity index (χ0v) is 10.5. The van der Waals surface area contributed by atoms with Gasteiger partial charge in [-0.05, 0) is 0 Å². The van der Waals surface area contributed by atoms with Crippen molar-refractivity contribution in [2.75, 3.05) is 26.9 Å². The zero-order chi connectivity index (χ0) is 13.2. The molecule has 1 saturated heterocycles. The molecule has 0 bridgehead atoms. The molecule has 0 saturated carbocycles. The maximum absolute atomic E-state index is 11.8. The maximum Gasteiger partial charge on any atom is 0.272 e. The van der Waals surface area contributed by atoms with E-state index in [4.69, 9.17) is 9.47 Å². The highest BCUT2D eigenvalue weighted by molar-refractivity contribution is 5.92. The minimum Gasteiger partial charge on any atom is -0.481 e. The molecule has 2 heterocycles. The summed E-state index contributed by atoms with van der Waals surface area (Å²) in [6.45, 7) is 0.924. The van der Waals surface area contributed by atoms with Gasteiger partial charge in [0.15, 0.2) is 5.69 Å². The van der Waals surface area contributed by atoms with Gasteiger partial charge in [-0.3, -0.25) is 4.79 Å². The molecule has 7 nitrogen and oxygen atoms in total. The molecule has 1 fully saturated rings. The van der Waals surface area contributed by atoms with E-state index in [0.717, 1.165) is 0 Å². The molecular weight excluding hydrogens is 238 g/mol. The standard InChI is InChI=1S/C11H17N3O4/c1-14-9(17-2)5-8(13-14)10(15)12-6-11(16)3-4-18-7-11/h5,16H,3-4,6-7H2,1-2H3,(H,12,15). The summed E-state index contributed by atoms with van der Waals surface area (Å²) in [5.74, 6) is 0.164. The van der Waals surface area contributed by atoms with Crippen molar-refractivity contribution in [1.29, 1.82) is 0 Å². The van der Waals surface area contributed by atoms with Gasteiger partial charge in [-0.25, -0.2) is 4.68 Å². The topological polar surface area (TPSA) is 85.6 Å². The van der Waals surface area contributed by atoms with Crippen LogP contribution in [0.15, 0.2) is 6.07 Å². The average molecular weight is 255 g/mol. The smallest absolute Gasteiger partial charge is 0.272 e. The fraction of sp³-hybridized carbons (Fsp3) is 0.636. The Morgan fingerprint density at radius 1 is 1.78 bits per heavy atom. The predicted molar refractivity (Wildman–Crippen MR) is 62.5 cm³/mol. The summed E-state index contributed by atoms with van der Waals surface area (Å²) in [6.07, 6.45) is 0.527. The lowest BCUT2D eigenvalue weighted by Gasteiger charge is -2.20. The van der Waals surface area contributed by atoms with E-state index in [1.54, 1.807) is 13.1 Å². The predicted octanol–water partition coefficient (Wildman–Crippen LogP) is -0.690. The van der Waals surface area contributed by atoms with E-state index in [-0.39, 0.29) is 24.8 Å². The van der Waals surface area contributed by atoms with Crippen LogP contribution in [0.2, 0.25) is 0 Å². The minimum absolute atomic E-state index is 0.157. The van der Waals surface area contributed by atoms with Crippen molar-refractivity contribution in [2.24, 2.45) is 7.05 Å². The SMILES string of the molecule is COc1cc(C(=O)NCC2(O)CCOC2)nn1C. The lowest BCUT2D eigenvalue weighted by molar-refractivity contribution is 0.0264.